The molecular formula is C16H14N4O2S. The molecule has 6 nitrogen and oxygen atoms in total. The third-order valence-electron chi connectivity index (χ3n) is 4.14. The summed E-state index contributed by atoms with van der Waals surface area (Å²) in [6.07, 6.45) is 1.74. The first-order chi connectivity index (χ1) is 11.3. The Kier molecular flexibility index (Phi) is 3.49. The summed E-state index contributed by atoms with van der Waals surface area (Å²) in [4.78, 5) is 22.5. The molecule has 3 heterocycles. The second-order valence-electron chi connectivity index (χ2n) is 5.41. The Morgan fingerprint density at radius 1 is 1.22 bits per heavy atom. The maximum absolute atomic E-state index is 11.4. The molecule has 0 spiro atoms. The molecule has 0 bridgehead atoms. The molecule has 0 aliphatic carbocycles. The van der Waals surface area contributed by atoms with Gasteiger partial charge in [0.15, 0.2) is 5.17 Å². The lowest BCUT2D eigenvalue weighted by Crippen LogP contribution is -2.27. The van der Waals surface area contributed by atoms with Crippen LogP contribution in [0.2, 0.25) is 0 Å². The predicted molar refractivity (Wildman–Crippen MR) is 89.4 cm³/mol. The van der Waals surface area contributed by atoms with Gasteiger partial charge in [0, 0.05) is 24.6 Å². The molecule has 1 fully saturated rings. The molecule has 1 aromatic carbocycles. The van der Waals surface area contributed by atoms with Crippen LogP contribution in [-0.2, 0) is 0 Å². The number of benzene rings is 1. The lowest BCUT2D eigenvalue weighted by molar-refractivity contribution is -0.386. The van der Waals surface area contributed by atoms with Gasteiger partial charge in [-0.05, 0) is 18.2 Å². The van der Waals surface area contributed by atoms with Crippen LogP contribution in [0.5, 0.6) is 0 Å². The van der Waals surface area contributed by atoms with Gasteiger partial charge in [0.25, 0.3) is 5.69 Å². The van der Waals surface area contributed by atoms with Gasteiger partial charge >= 0.3 is 0 Å². The number of thioether (sulfide) groups is 1. The molecule has 1 saturated heterocycles. The molecule has 0 saturated carbocycles. The van der Waals surface area contributed by atoms with Crippen molar-refractivity contribution in [2.24, 2.45) is 4.99 Å². The van der Waals surface area contributed by atoms with E-state index in [4.69, 9.17) is 4.99 Å². The highest BCUT2D eigenvalue weighted by Crippen LogP contribution is 2.47. The Morgan fingerprint density at radius 2 is 2.04 bits per heavy atom. The maximum Gasteiger partial charge on any atom is 0.274 e. The molecule has 0 unspecified atom stereocenters. The van der Waals surface area contributed by atoms with E-state index in [1.165, 1.54) is 0 Å². The highest BCUT2D eigenvalue weighted by molar-refractivity contribution is 8.14. The predicted octanol–water partition coefficient (Wildman–Crippen LogP) is 3.19. The summed E-state index contributed by atoms with van der Waals surface area (Å²) in [5.41, 5.74) is 1.69. The number of fused-ring (bicyclic) bond motifs is 1. The van der Waals surface area contributed by atoms with Crippen LogP contribution in [0.25, 0.3) is 0 Å². The molecule has 7 heteroatoms. The summed E-state index contributed by atoms with van der Waals surface area (Å²) in [5.74, 6) is 0.963. The fourth-order valence-corrected chi connectivity index (χ4v) is 4.19. The molecule has 23 heavy (non-hydrogen) atoms. The lowest BCUT2D eigenvalue weighted by atomic mass is 9.95. The Morgan fingerprint density at radius 3 is 2.83 bits per heavy atom. The number of para-hydroxylation sites is 1. The normalized spacial score (nSPS) is 22.8. The first-order valence-electron chi connectivity index (χ1n) is 7.37. The van der Waals surface area contributed by atoms with Gasteiger partial charge in [-0.2, -0.15) is 0 Å². The fourth-order valence-electron chi connectivity index (χ4n) is 3.16. The van der Waals surface area contributed by atoms with Crippen molar-refractivity contribution in [2.75, 3.05) is 12.3 Å². The summed E-state index contributed by atoms with van der Waals surface area (Å²) in [5, 5.41) is 12.4. The number of nitro groups is 1. The highest BCUT2D eigenvalue weighted by Gasteiger charge is 2.43. The van der Waals surface area contributed by atoms with Gasteiger partial charge in [-0.25, -0.2) is 0 Å². The van der Waals surface area contributed by atoms with E-state index in [0.717, 1.165) is 23.2 Å². The minimum atomic E-state index is -0.313. The summed E-state index contributed by atoms with van der Waals surface area (Å²) in [7, 11) is 0. The summed E-state index contributed by atoms with van der Waals surface area (Å²) in [6, 6.07) is 12.3. The molecule has 2 aliphatic rings. The fraction of sp³-hybridized carbons (Fsp3) is 0.250. The van der Waals surface area contributed by atoms with Gasteiger partial charge in [-0.1, -0.05) is 30.0 Å². The Labute approximate surface area is 137 Å². The lowest BCUT2D eigenvalue weighted by Gasteiger charge is -2.26. The molecule has 1 aromatic heterocycles. The van der Waals surface area contributed by atoms with Crippen LogP contribution < -0.4 is 0 Å². The Hall–Kier alpha value is -2.41. The van der Waals surface area contributed by atoms with Crippen LogP contribution in [0, 0.1) is 10.1 Å². The molecule has 0 amide bonds. The van der Waals surface area contributed by atoms with Gasteiger partial charge in [0.1, 0.15) is 6.04 Å². The summed E-state index contributed by atoms with van der Waals surface area (Å²) >= 11 is 1.70. The third kappa shape index (κ3) is 2.37. The van der Waals surface area contributed by atoms with E-state index in [0.29, 0.717) is 5.56 Å². The zero-order valence-corrected chi connectivity index (χ0v) is 13.0. The zero-order valence-electron chi connectivity index (χ0n) is 12.2. The summed E-state index contributed by atoms with van der Waals surface area (Å²) < 4.78 is 0. The second-order valence-corrected chi connectivity index (χ2v) is 6.48. The van der Waals surface area contributed by atoms with E-state index in [2.05, 4.69) is 9.88 Å². The Balaban J connectivity index is 1.83. The minimum Gasteiger partial charge on any atom is -0.341 e. The third-order valence-corrected chi connectivity index (χ3v) is 5.12. The number of rotatable bonds is 3. The van der Waals surface area contributed by atoms with Crippen LogP contribution in [0.1, 0.15) is 23.3 Å². The molecule has 2 aromatic rings. The van der Waals surface area contributed by atoms with Gasteiger partial charge in [0.05, 0.1) is 22.2 Å². The molecule has 2 aliphatic heterocycles. The molecule has 4 rings (SSSR count). The second kappa shape index (κ2) is 5.66. The quantitative estimate of drug-likeness (QED) is 0.640. The van der Waals surface area contributed by atoms with Crippen molar-refractivity contribution in [1.82, 2.24) is 9.88 Å². The molecular weight excluding hydrogens is 312 g/mol. The van der Waals surface area contributed by atoms with Crippen molar-refractivity contribution >= 4 is 22.6 Å². The van der Waals surface area contributed by atoms with Crippen molar-refractivity contribution in [3.05, 3.63) is 70.0 Å². The summed E-state index contributed by atoms with van der Waals surface area (Å²) in [6.45, 7) is 0.851. The van der Waals surface area contributed by atoms with Crippen molar-refractivity contribution in [3.63, 3.8) is 0 Å². The topological polar surface area (TPSA) is 71.6 Å². The monoisotopic (exact) mass is 326 g/mol. The van der Waals surface area contributed by atoms with E-state index in [9.17, 15) is 10.1 Å². The number of hydrogen-bond acceptors (Lipinski definition) is 6. The van der Waals surface area contributed by atoms with E-state index in [-0.39, 0.29) is 22.7 Å². The van der Waals surface area contributed by atoms with Crippen molar-refractivity contribution in [2.45, 2.75) is 12.1 Å². The number of nitro benzene ring substituents is 1. The average Bonchev–Trinajstić information content (AvgIpc) is 3.16. The first kappa shape index (κ1) is 14.2. The zero-order chi connectivity index (χ0) is 15.8. The number of aromatic nitrogens is 1. The van der Waals surface area contributed by atoms with Crippen LogP contribution >= 0.6 is 11.8 Å². The van der Waals surface area contributed by atoms with Crippen LogP contribution in [-0.4, -0.2) is 32.3 Å². The van der Waals surface area contributed by atoms with Gasteiger partial charge in [-0.15, -0.1) is 0 Å². The van der Waals surface area contributed by atoms with Gasteiger partial charge in [-0.3, -0.25) is 20.1 Å². The van der Waals surface area contributed by atoms with Crippen LogP contribution in [0.15, 0.2) is 53.7 Å². The molecule has 0 radical (unpaired) electrons. The number of nitrogens with zero attached hydrogens (tertiary/aromatic N) is 4. The number of aliphatic imine (C=N–C) groups is 1. The number of amidine groups is 1. The van der Waals surface area contributed by atoms with Crippen molar-refractivity contribution in [1.29, 1.82) is 0 Å². The van der Waals surface area contributed by atoms with Gasteiger partial charge < -0.3 is 4.90 Å². The van der Waals surface area contributed by atoms with Gasteiger partial charge in [0.2, 0.25) is 0 Å². The number of pyridine rings is 1. The minimum absolute atomic E-state index is 0.145. The maximum atomic E-state index is 11.4. The van der Waals surface area contributed by atoms with E-state index < -0.39 is 0 Å². The van der Waals surface area contributed by atoms with E-state index in [1.54, 1.807) is 30.1 Å². The van der Waals surface area contributed by atoms with E-state index >= 15 is 0 Å². The average molecular weight is 326 g/mol. The first-order valence-corrected chi connectivity index (χ1v) is 8.36. The molecule has 2 atom stereocenters. The largest absolute Gasteiger partial charge is 0.341 e. The highest BCUT2D eigenvalue weighted by atomic mass is 32.2. The van der Waals surface area contributed by atoms with E-state index in [1.807, 2.05) is 30.3 Å². The number of hydrogen-bond donors (Lipinski definition) is 0. The Bertz CT molecular complexity index is 781. The van der Waals surface area contributed by atoms with Crippen molar-refractivity contribution in [3.8, 4) is 0 Å². The van der Waals surface area contributed by atoms with Crippen LogP contribution in [0.3, 0.4) is 0 Å². The standard InChI is InChI=1S/C16H14N4O2S/c21-20(22)13-7-2-1-5-11(13)15-14(12-6-3-4-8-17-12)18-16-19(15)9-10-23-16/h1-8,14-15H,9-10H2/t14-,15+/m1/s1. The molecule has 0 N–H and O–H groups in total. The smallest absolute Gasteiger partial charge is 0.274 e. The van der Waals surface area contributed by atoms with Crippen molar-refractivity contribution < 1.29 is 4.92 Å². The molecule has 116 valence electrons. The SMILES string of the molecule is O=[N+]([O-])c1ccccc1[C@H]1[C@@H](c2ccccn2)N=C2SCCN21. The van der Waals surface area contributed by atoms with Crippen LogP contribution in [0.4, 0.5) is 5.69 Å².